The average molecular weight is 411 g/mol. The molecule has 30 heavy (non-hydrogen) atoms. The summed E-state index contributed by atoms with van der Waals surface area (Å²) in [5, 5.41) is 18.2. The topological polar surface area (TPSA) is 88.5 Å². The number of carbonyl (C=O) groups excluding carboxylic acids is 1. The largest absolute Gasteiger partial charge is 0.347 e. The summed E-state index contributed by atoms with van der Waals surface area (Å²) >= 11 is 0. The summed E-state index contributed by atoms with van der Waals surface area (Å²) in [7, 11) is 0. The number of hydrogen-bond donors (Lipinski definition) is 2. The van der Waals surface area contributed by atoms with Gasteiger partial charge in [0.05, 0.1) is 5.52 Å². The smallest absolute Gasteiger partial charge is 0.224 e. The van der Waals surface area contributed by atoms with E-state index >= 15 is 0 Å². The number of tetrazole rings is 1. The number of aromatic amines is 1. The number of fused-ring (bicyclic) bond motifs is 1. The molecule has 2 heterocycles. The van der Waals surface area contributed by atoms with Crippen LogP contribution in [0.4, 0.5) is 5.69 Å². The predicted molar refractivity (Wildman–Crippen MR) is 120 cm³/mol. The van der Waals surface area contributed by atoms with Crippen molar-refractivity contribution < 1.29 is 4.79 Å². The zero-order valence-corrected chi connectivity index (χ0v) is 18.1. The van der Waals surface area contributed by atoms with E-state index in [1.807, 2.05) is 6.07 Å². The summed E-state index contributed by atoms with van der Waals surface area (Å²) in [6, 6.07) is 8.35. The monoisotopic (exact) mass is 410 g/mol. The maximum Gasteiger partial charge on any atom is 0.224 e. The number of H-pyrrole nitrogens is 1. The fourth-order valence-corrected chi connectivity index (χ4v) is 3.78. The first-order valence-electron chi connectivity index (χ1n) is 11.4. The average Bonchev–Trinajstić information content (AvgIpc) is 3.40. The SMILES string of the molecule is CCCCCC(=O)Nc1ccc2ccn(CCCCCCCCc3nnn[nH]3)c2c1. The highest BCUT2D eigenvalue weighted by atomic mass is 16.1. The highest BCUT2D eigenvalue weighted by Gasteiger charge is 2.06. The standard InChI is InChI=1S/C23H34N6O/c1-2-3-8-12-23(30)24-20-14-13-19-15-17-29(21(19)18-20)16-10-7-5-4-6-9-11-22-25-27-28-26-22/h13-15,17-18H,2-12,16H2,1H3,(H,24,30)(H,25,26,27,28). The van der Waals surface area contributed by atoms with Crippen molar-refractivity contribution in [3.05, 3.63) is 36.3 Å². The number of aromatic nitrogens is 5. The summed E-state index contributed by atoms with van der Waals surface area (Å²) in [5.74, 6) is 0.992. The molecular weight excluding hydrogens is 376 g/mol. The number of rotatable bonds is 14. The molecule has 0 atom stereocenters. The van der Waals surface area contributed by atoms with Crippen molar-refractivity contribution in [3.63, 3.8) is 0 Å². The van der Waals surface area contributed by atoms with Gasteiger partial charge in [0.1, 0.15) is 5.82 Å². The van der Waals surface area contributed by atoms with Gasteiger partial charge in [-0.25, -0.2) is 5.10 Å². The summed E-state index contributed by atoms with van der Waals surface area (Å²) in [5.41, 5.74) is 2.09. The molecule has 0 saturated heterocycles. The Hall–Kier alpha value is -2.70. The lowest BCUT2D eigenvalue weighted by Crippen LogP contribution is -2.11. The Kier molecular flexibility index (Phi) is 8.87. The molecule has 162 valence electrons. The Morgan fingerprint density at radius 3 is 2.67 bits per heavy atom. The molecule has 0 aliphatic carbocycles. The number of nitrogens with zero attached hydrogens (tertiary/aromatic N) is 4. The maximum atomic E-state index is 12.1. The van der Waals surface area contributed by atoms with Crippen LogP contribution in [0, 0.1) is 0 Å². The van der Waals surface area contributed by atoms with Crippen molar-refractivity contribution >= 4 is 22.5 Å². The highest BCUT2D eigenvalue weighted by molar-refractivity contribution is 5.93. The lowest BCUT2D eigenvalue weighted by Gasteiger charge is -2.09. The van der Waals surface area contributed by atoms with Crippen LogP contribution in [0.25, 0.3) is 10.9 Å². The van der Waals surface area contributed by atoms with Gasteiger partial charge in [-0.3, -0.25) is 4.79 Å². The Balaban J connectivity index is 1.37. The van der Waals surface area contributed by atoms with E-state index in [1.54, 1.807) is 0 Å². The lowest BCUT2D eigenvalue weighted by molar-refractivity contribution is -0.116. The van der Waals surface area contributed by atoms with Crippen LogP contribution >= 0.6 is 0 Å². The van der Waals surface area contributed by atoms with Crippen molar-refractivity contribution in [1.29, 1.82) is 0 Å². The molecule has 7 heteroatoms. The van der Waals surface area contributed by atoms with Gasteiger partial charge in [0.2, 0.25) is 5.91 Å². The van der Waals surface area contributed by atoms with E-state index < -0.39 is 0 Å². The summed E-state index contributed by atoms with van der Waals surface area (Å²) in [4.78, 5) is 12.1. The molecule has 7 nitrogen and oxygen atoms in total. The molecular formula is C23H34N6O. The minimum atomic E-state index is 0.112. The number of nitrogens with one attached hydrogen (secondary N) is 2. The third-order valence-electron chi connectivity index (χ3n) is 5.52. The molecule has 0 radical (unpaired) electrons. The van der Waals surface area contributed by atoms with E-state index in [9.17, 15) is 4.79 Å². The van der Waals surface area contributed by atoms with E-state index in [0.717, 1.165) is 50.2 Å². The van der Waals surface area contributed by atoms with Crippen LogP contribution in [-0.2, 0) is 17.8 Å². The number of benzene rings is 1. The van der Waals surface area contributed by atoms with Crippen LogP contribution < -0.4 is 5.32 Å². The van der Waals surface area contributed by atoms with Gasteiger partial charge in [0.15, 0.2) is 0 Å². The van der Waals surface area contributed by atoms with Gasteiger partial charge in [0.25, 0.3) is 0 Å². The van der Waals surface area contributed by atoms with Gasteiger partial charge in [-0.2, -0.15) is 0 Å². The minimum absolute atomic E-state index is 0.112. The number of anilines is 1. The molecule has 1 amide bonds. The number of hydrogen-bond acceptors (Lipinski definition) is 4. The first-order chi connectivity index (χ1) is 14.8. The fraction of sp³-hybridized carbons (Fsp3) is 0.565. The van der Waals surface area contributed by atoms with Crippen molar-refractivity contribution in [3.8, 4) is 0 Å². The number of aryl methyl sites for hydroxylation is 2. The highest BCUT2D eigenvalue weighted by Crippen LogP contribution is 2.22. The van der Waals surface area contributed by atoms with E-state index in [1.165, 1.54) is 43.0 Å². The Morgan fingerprint density at radius 2 is 1.87 bits per heavy atom. The van der Waals surface area contributed by atoms with Crippen LogP contribution in [0.1, 0.15) is 77.0 Å². The third kappa shape index (κ3) is 6.97. The molecule has 2 aromatic heterocycles. The fourth-order valence-electron chi connectivity index (χ4n) is 3.78. The lowest BCUT2D eigenvalue weighted by atomic mass is 10.1. The Labute approximate surface area is 178 Å². The van der Waals surface area contributed by atoms with Crippen LogP contribution in [0.2, 0.25) is 0 Å². The number of amides is 1. The van der Waals surface area contributed by atoms with Gasteiger partial charge in [-0.1, -0.05) is 51.5 Å². The predicted octanol–water partition coefficient (Wildman–Crippen LogP) is 5.26. The van der Waals surface area contributed by atoms with Gasteiger partial charge >= 0.3 is 0 Å². The molecule has 1 aromatic carbocycles. The van der Waals surface area contributed by atoms with Gasteiger partial charge < -0.3 is 9.88 Å². The Morgan fingerprint density at radius 1 is 1.03 bits per heavy atom. The maximum absolute atomic E-state index is 12.1. The molecule has 0 saturated carbocycles. The molecule has 3 rings (SSSR count). The van der Waals surface area contributed by atoms with Gasteiger partial charge in [0, 0.05) is 31.3 Å². The van der Waals surface area contributed by atoms with Crippen LogP contribution in [0.15, 0.2) is 30.5 Å². The van der Waals surface area contributed by atoms with Crippen LogP contribution in [-0.4, -0.2) is 31.1 Å². The second-order valence-corrected chi connectivity index (χ2v) is 8.01. The molecule has 0 unspecified atom stereocenters. The van der Waals surface area contributed by atoms with Gasteiger partial charge in [-0.05, 0) is 53.3 Å². The van der Waals surface area contributed by atoms with Gasteiger partial charge in [-0.15, -0.1) is 5.10 Å². The Bertz CT molecular complexity index is 886. The van der Waals surface area contributed by atoms with Crippen LogP contribution in [0.3, 0.4) is 0 Å². The third-order valence-corrected chi connectivity index (χ3v) is 5.52. The molecule has 0 bridgehead atoms. The molecule has 3 aromatic rings. The molecule has 0 spiro atoms. The summed E-state index contributed by atoms with van der Waals surface area (Å²) in [6.07, 6.45) is 14.1. The van der Waals surface area contributed by atoms with Crippen molar-refractivity contribution in [1.82, 2.24) is 25.2 Å². The van der Waals surface area contributed by atoms with E-state index in [2.05, 4.69) is 61.8 Å². The molecule has 0 aliphatic rings. The van der Waals surface area contributed by atoms with Crippen LogP contribution in [0.5, 0.6) is 0 Å². The first kappa shape index (κ1) is 22.0. The zero-order chi connectivity index (χ0) is 21.0. The second-order valence-electron chi connectivity index (χ2n) is 8.01. The normalized spacial score (nSPS) is 11.2. The number of unbranched alkanes of at least 4 members (excludes halogenated alkanes) is 7. The zero-order valence-electron chi connectivity index (χ0n) is 18.1. The number of carbonyl (C=O) groups is 1. The van der Waals surface area contributed by atoms with E-state index in [0.29, 0.717) is 6.42 Å². The minimum Gasteiger partial charge on any atom is -0.347 e. The molecule has 0 fully saturated rings. The van der Waals surface area contributed by atoms with Crippen molar-refractivity contribution in [2.24, 2.45) is 0 Å². The quantitative estimate of drug-likeness (QED) is 0.355. The van der Waals surface area contributed by atoms with E-state index in [-0.39, 0.29) is 5.91 Å². The second kappa shape index (κ2) is 12.1. The first-order valence-corrected chi connectivity index (χ1v) is 11.4. The van der Waals surface area contributed by atoms with Crippen molar-refractivity contribution in [2.75, 3.05) is 5.32 Å². The molecule has 0 aliphatic heterocycles. The van der Waals surface area contributed by atoms with E-state index in [4.69, 9.17) is 0 Å². The van der Waals surface area contributed by atoms with Crippen molar-refractivity contribution in [2.45, 2.75) is 84.1 Å². The summed E-state index contributed by atoms with van der Waals surface area (Å²) in [6.45, 7) is 3.17. The molecule has 2 N–H and O–H groups in total. The summed E-state index contributed by atoms with van der Waals surface area (Å²) < 4.78 is 2.30.